The molecule has 3 aliphatic rings. The molecule has 0 heterocycles. The van der Waals surface area contributed by atoms with Crippen LogP contribution in [0.15, 0.2) is 194 Å². The molecule has 0 unspecified atom stereocenters. The van der Waals surface area contributed by atoms with Gasteiger partial charge in [-0.25, -0.2) is 0 Å². The lowest BCUT2D eigenvalue weighted by atomic mass is 9.65. The van der Waals surface area contributed by atoms with Gasteiger partial charge in [-0.2, -0.15) is 0 Å². The van der Waals surface area contributed by atoms with Crippen molar-refractivity contribution in [2.75, 3.05) is 9.80 Å². The monoisotopic (exact) mass is 877 g/mol. The molecular formula is C65H68N2. The summed E-state index contributed by atoms with van der Waals surface area (Å²) in [6.07, 6.45) is 29.0. The largest absolute Gasteiger partial charge is 0.311 e. The molecule has 6 aromatic carbocycles. The Morgan fingerprint density at radius 2 is 1.13 bits per heavy atom. The lowest BCUT2D eigenvalue weighted by Gasteiger charge is -2.40. The van der Waals surface area contributed by atoms with E-state index < -0.39 is 5.41 Å². The highest BCUT2D eigenvalue weighted by Crippen LogP contribution is 2.50. The Kier molecular flexibility index (Phi) is 15.3. The third-order valence-electron chi connectivity index (χ3n) is 13.7. The van der Waals surface area contributed by atoms with E-state index in [9.17, 15) is 0 Å². The molecule has 0 saturated heterocycles. The molecule has 0 aliphatic heterocycles. The molecule has 0 bridgehead atoms. The van der Waals surface area contributed by atoms with Gasteiger partial charge in [-0.1, -0.05) is 144 Å². The standard InChI is InChI=1S/C61H60N2.C2H6.C2H2/c1-8-46-21-31-54(32-22-46)62(55-19-15-14-16-42(4)36-55)57-34-35-59-43(5)20-30-58(63(53-17-12-11-13-18-53)56-33-27-49-23-24-50(49)39-56)41-61(60(59)40-57,51-28-25-47(9-2)44(6)37-51)52-29-26-48(10-3)45(7)38-52;2*1-2/h11-13,15,17-22,25-41H,4-5,8-10,14,16,23-24H2,1-3,6-7H3;1-2H3;1-2H/b30-20-,58-41+;;. The summed E-state index contributed by atoms with van der Waals surface area (Å²) in [5, 5.41) is 0. The van der Waals surface area contributed by atoms with E-state index in [2.05, 4.69) is 228 Å². The Hall–Kier alpha value is -7.08. The fourth-order valence-corrected chi connectivity index (χ4v) is 9.97. The van der Waals surface area contributed by atoms with E-state index in [0.29, 0.717) is 0 Å². The summed E-state index contributed by atoms with van der Waals surface area (Å²) in [7, 11) is 0. The Balaban J connectivity index is 0.00000162. The minimum absolute atomic E-state index is 0.760. The average molecular weight is 877 g/mol. The van der Waals surface area contributed by atoms with E-state index in [1.807, 2.05) is 13.8 Å². The van der Waals surface area contributed by atoms with Crippen LogP contribution in [0.2, 0.25) is 0 Å². The number of terminal acetylenes is 1. The van der Waals surface area contributed by atoms with Gasteiger partial charge in [-0.3, -0.25) is 0 Å². The maximum absolute atomic E-state index is 4.86. The van der Waals surface area contributed by atoms with Gasteiger partial charge in [0.1, 0.15) is 0 Å². The summed E-state index contributed by atoms with van der Waals surface area (Å²) >= 11 is 0. The number of nitrogens with zero attached hydrogens (tertiary/aromatic N) is 2. The number of para-hydroxylation sites is 1. The number of anilines is 4. The van der Waals surface area contributed by atoms with Crippen molar-refractivity contribution in [2.45, 2.75) is 98.8 Å². The zero-order valence-electron chi connectivity index (χ0n) is 41.0. The first-order chi connectivity index (χ1) is 32.7. The summed E-state index contributed by atoms with van der Waals surface area (Å²) in [5.74, 6) is 0. The number of hydrogen-bond acceptors (Lipinski definition) is 2. The molecule has 0 radical (unpaired) electrons. The van der Waals surface area contributed by atoms with Crippen LogP contribution in [0, 0.1) is 26.7 Å². The van der Waals surface area contributed by atoms with Gasteiger partial charge in [0, 0.05) is 34.1 Å². The zero-order valence-corrected chi connectivity index (χ0v) is 41.0. The molecule has 0 fully saturated rings. The highest BCUT2D eigenvalue weighted by atomic mass is 15.2. The third-order valence-corrected chi connectivity index (χ3v) is 13.7. The van der Waals surface area contributed by atoms with E-state index >= 15 is 0 Å². The van der Waals surface area contributed by atoms with Crippen molar-refractivity contribution in [3.63, 3.8) is 0 Å². The summed E-state index contributed by atoms with van der Waals surface area (Å²) in [6.45, 7) is 24.6. The van der Waals surface area contributed by atoms with Gasteiger partial charge in [0.25, 0.3) is 0 Å². The second-order valence-electron chi connectivity index (χ2n) is 17.6. The lowest BCUT2D eigenvalue weighted by molar-refractivity contribution is 0.761. The van der Waals surface area contributed by atoms with Crippen molar-refractivity contribution in [3.8, 4) is 12.8 Å². The summed E-state index contributed by atoms with van der Waals surface area (Å²) in [4.78, 5) is 4.88. The van der Waals surface area contributed by atoms with Crippen LogP contribution in [-0.4, -0.2) is 0 Å². The van der Waals surface area contributed by atoms with Crippen molar-refractivity contribution >= 4 is 28.3 Å². The van der Waals surface area contributed by atoms with Gasteiger partial charge in [0.2, 0.25) is 0 Å². The van der Waals surface area contributed by atoms with Crippen LogP contribution in [0.3, 0.4) is 0 Å². The van der Waals surface area contributed by atoms with Gasteiger partial charge < -0.3 is 9.80 Å². The minimum atomic E-state index is -0.760. The predicted molar refractivity (Wildman–Crippen MR) is 291 cm³/mol. The Morgan fingerprint density at radius 1 is 0.552 bits per heavy atom. The second-order valence-corrected chi connectivity index (χ2v) is 17.6. The normalized spacial score (nSPS) is 15.7. The number of rotatable bonds is 11. The van der Waals surface area contributed by atoms with Crippen LogP contribution in [0.25, 0.3) is 5.57 Å². The van der Waals surface area contributed by atoms with E-state index in [-0.39, 0.29) is 0 Å². The fraction of sp³-hybridized carbons (Fsp3) is 0.231. The van der Waals surface area contributed by atoms with Crippen molar-refractivity contribution in [1.82, 2.24) is 0 Å². The van der Waals surface area contributed by atoms with Crippen LogP contribution in [0.4, 0.5) is 22.7 Å². The molecule has 0 aromatic heterocycles. The fourth-order valence-electron chi connectivity index (χ4n) is 9.97. The third kappa shape index (κ3) is 9.61. The van der Waals surface area contributed by atoms with Crippen molar-refractivity contribution in [3.05, 3.63) is 255 Å². The molecular weight excluding hydrogens is 809 g/mol. The minimum Gasteiger partial charge on any atom is -0.311 e. The summed E-state index contributed by atoms with van der Waals surface area (Å²) in [5.41, 5.74) is 22.3. The highest BCUT2D eigenvalue weighted by Gasteiger charge is 2.40. The van der Waals surface area contributed by atoms with E-state index in [4.69, 9.17) is 6.58 Å². The number of allylic oxidation sites excluding steroid dienone is 8. The molecule has 6 aromatic rings. The smallest absolute Gasteiger partial charge is 0.0662 e. The maximum Gasteiger partial charge on any atom is 0.0662 e. The molecule has 9 rings (SSSR count). The van der Waals surface area contributed by atoms with Crippen molar-refractivity contribution in [2.24, 2.45) is 0 Å². The topological polar surface area (TPSA) is 6.48 Å². The molecule has 2 heteroatoms. The summed E-state index contributed by atoms with van der Waals surface area (Å²) < 4.78 is 0. The average Bonchev–Trinajstić information content (AvgIpc) is 3.58. The Morgan fingerprint density at radius 3 is 1.72 bits per heavy atom. The van der Waals surface area contributed by atoms with Crippen LogP contribution >= 0.6 is 0 Å². The molecule has 2 nitrogen and oxygen atoms in total. The second kappa shape index (κ2) is 21.5. The van der Waals surface area contributed by atoms with Crippen LogP contribution in [-0.2, 0) is 37.5 Å². The quantitative estimate of drug-likeness (QED) is 0.120. The molecule has 338 valence electrons. The van der Waals surface area contributed by atoms with Gasteiger partial charge in [-0.05, 0) is 198 Å². The summed E-state index contributed by atoms with van der Waals surface area (Å²) in [6, 6.07) is 48.5. The molecule has 0 N–H and O–H groups in total. The number of hydrogen-bond donors (Lipinski definition) is 0. The van der Waals surface area contributed by atoms with Gasteiger partial charge in [0.05, 0.1) is 5.41 Å². The van der Waals surface area contributed by atoms with Crippen molar-refractivity contribution < 1.29 is 0 Å². The maximum atomic E-state index is 4.86. The van der Waals surface area contributed by atoms with Crippen LogP contribution in [0.1, 0.15) is 109 Å². The first-order valence-electron chi connectivity index (χ1n) is 24.4. The van der Waals surface area contributed by atoms with Crippen LogP contribution < -0.4 is 9.80 Å². The Labute approximate surface area is 403 Å². The number of aryl methyl sites for hydroxylation is 7. The van der Waals surface area contributed by atoms with Crippen molar-refractivity contribution in [1.29, 1.82) is 0 Å². The zero-order chi connectivity index (χ0) is 47.7. The SMILES string of the molecule is C#C.C=C1C=C(N(c2ccc(CC)cc2)c2ccc3c(c2)C(c2ccc(CC)c(C)c2)(c2ccc(CC)c(C)c2)/C=C(N(c2ccccc2)c2ccc4c(c2)CC4)\C=C/C3=C)C=CCC1.CC. The van der Waals surface area contributed by atoms with Gasteiger partial charge in [0.15, 0.2) is 0 Å². The molecule has 0 spiro atoms. The first kappa shape index (κ1) is 47.9. The molecule has 67 heavy (non-hydrogen) atoms. The first-order valence-corrected chi connectivity index (χ1v) is 24.4. The van der Waals surface area contributed by atoms with Gasteiger partial charge >= 0.3 is 0 Å². The van der Waals surface area contributed by atoms with E-state index in [0.717, 1.165) is 95.8 Å². The van der Waals surface area contributed by atoms with E-state index in [1.54, 1.807) is 0 Å². The molecule has 3 aliphatic carbocycles. The van der Waals surface area contributed by atoms with Crippen LogP contribution in [0.5, 0.6) is 0 Å². The molecule has 0 saturated carbocycles. The number of benzene rings is 6. The van der Waals surface area contributed by atoms with Gasteiger partial charge in [-0.15, -0.1) is 12.8 Å². The number of fused-ring (bicyclic) bond motifs is 2. The predicted octanol–water partition coefficient (Wildman–Crippen LogP) is 16.9. The lowest BCUT2D eigenvalue weighted by Crippen LogP contribution is -2.32. The highest BCUT2D eigenvalue weighted by molar-refractivity contribution is 5.84. The molecule has 0 amide bonds. The molecule has 0 atom stereocenters. The van der Waals surface area contributed by atoms with E-state index in [1.165, 1.54) is 55.6 Å². The Bertz CT molecular complexity index is 2840.